The lowest BCUT2D eigenvalue weighted by atomic mass is 10.2. The standard InChI is InChI=1S/C10H11N3O/c11-5-4-8-7-10(13-14-8)9-3-1-2-6-12-9/h1-3,6-7H,4-5,11H2. The summed E-state index contributed by atoms with van der Waals surface area (Å²) in [5.74, 6) is 0.799. The largest absolute Gasteiger partial charge is 0.361 e. The predicted octanol–water partition coefficient (Wildman–Crippen LogP) is 1.24. The summed E-state index contributed by atoms with van der Waals surface area (Å²) in [6.45, 7) is 0.566. The molecule has 0 radical (unpaired) electrons. The van der Waals surface area contributed by atoms with Gasteiger partial charge < -0.3 is 10.3 Å². The van der Waals surface area contributed by atoms with Gasteiger partial charge in [0.05, 0.1) is 5.69 Å². The Kier molecular flexibility index (Phi) is 2.55. The van der Waals surface area contributed by atoms with E-state index < -0.39 is 0 Å². The van der Waals surface area contributed by atoms with Crippen LogP contribution in [0.2, 0.25) is 0 Å². The van der Waals surface area contributed by atoms with E-state index in [2.05, 4.69) is 10.1 Å². The molecular weight excluding hydrogens is 178 g/mol. The van der Waals surface area contributed by atoms with Gasteiger partial charge >= 0.3 is 0 Å². The number of rotatable bonds is 3. The van der Waals surface area contributed by atoms with E-state index in [-0.39, 0.29) is 0 Å². The van der Waals surface area contributed by atoms with Crippen molar-refractivity contribution in [3.63, 3.8) is 0 Å². The van der Waals surface area contributed by atoms with Crippen LogP contribution in [-0.4, -0.2) is 16.7 Å². The van der Waals surface area contributed by atoms with Crippen LogP contribution >= 0.6 is 0 Å². The monoisotopic (exact) mass is 189 g/mol. The second-order valence-electron chi connectivity index (χ2n) is 2.93. The van der Waals surface area contributed by atoms with E-state index in [9.17, 15) is 0 Å². The molecule has 4 nitrogen and oxygen atoms in total. The molecule has 0 bridgehead atoms. The number of hydrogen-bond acceptors (Lipinski definition) is 4. The van der Waals surface area contributed by atoms with Crippen molar-refractivity contribution < 1.29 is 4.52 Å². The highest BCUT2D eigenvalue weighted by atomic mass is 16.5. The molecule has 2 aromatic rings. The van der Waals surface area contributed by atoms with Gasteiger partial charge in [0.2, 0.25) is 0 Å². The summed E-state index contributed by atoms with van der Waals surface area (Å²) in [7, 11) is 0. The Morgan fingerprint density at radius 2 is 2.21 bits per heavy atom. The smallest absolute Gasteiger partial charge is 0.138 e. The van der Waals surface area contributed by atoms with E-state index in [4.69, 9.17) is 10.3 Å². The molecule has 2 aromatic heterocycles. The zero-order valence-corrected chi connectivity index (χ0v) is 7.68. The molecule has 0 fully saturated rings. The van der Waals surface area contributed by atoms with Gasteiger partial charge in [-0.25, -0.2) is 0 Å². The molecule has 0 saturated carbocycles. The first-order chi connectivity index (χ1) is 6.90. The normalized spacial score (nSPS) is 10.4. The van der Waals surface area contributed by atoms with Crippen molar-refractivity contribution in [2.45, 2.75) is 6.42 Å². The van der Waals surface area contributed by atoms with Gasteiger partial charge in [-0.1, -0.05) is 11.2 Å². The molecule has 0 spiro atoms. The fourth-order valence-corrected chi connectivity index (χ4v) is 1.21. The van der Waals surface area contributed by atoms with E-state index in [0.29, 0.717) is 13.0 Å². The number of hydrogen-bond donors (Lipinski definition) is 1. The maximum absolute atomic E-state index is 5.41. The molecule has 0 saturated heterocycles. The van der Waals surface area contributed by atoms with Crippen molar-refractivity contribution in [3.8, 4) is 11.4 Å². The third kappa shape index (κ3) is 1.80. The number of nitrogens with two attached hydrogens (primary N) is 1. The van der Waals surface area contributed by atoms with E-state index >= 15 is 0 Å². The minimum absolute atomic E-state index is 0.566. The fraction of sp³-hybridized carbons (Fsp3) is 0.200. The highest BCUT2D eigenvalue weighted by Gasteiger charge is 2.05. The zero-order valence-electron chi connectivity index (χ0n) is 7.68. The molecule has 0 aliphatic rings. The minimum Gasteiger partial charge on any atom is -0.361 e. The fourth-order valence-electron chi connectivity index (χ4n) is 1.21. The summed E-state index contributed by atoms with van der Waals surface area (Å²) in [6, 6.07) is 7.54. The summed E-state index contributed by atoms with van der Waals surface area (Å²) in [5, 5.41) is 3.91. The average Bonchev–Trinajstić information content (AvgIpc) is 2.68. The van der Waals surface area contributed by atoms with Crippen molar-refractivity contribution >= 4 is 0 Å². The molecule has 0 unspecified atom stereocenters. The van der Waals surface area contributed by atoms with E-state index in [0.717, 1.165) is 17.1 Å². The summed E-state index contributed by atoms with van der Waals surface area (Å²) >= 11 is 0. The Balaban J connectivity index is 2.25. The van der Waals surface area contributed by atoms with Crippen molar-refractivity contribution in [2.75, 3.05) is 6.54 Å². The number of pyridine rings is 1. The van der Waals surface area contributed by atoms with Gasteiger partial charge in [-0.3, -0.25) is 4.98 Å². The molecule has 0 aromatic carbocycles. The molecule has 2 rings (SSSR count). The van der Waals surface area contributed by atoms with Gasteiger partial charge in [0.15, 0.2) is 0 Å². The van der Waals surface area contributed by atoms with Crippen LogP contribution in [0.25, 0.3) is 11.4 Å². The van der Waals surface area contributed by atoms with Crippen molar-refractivity contribution in [3.05, 3.63) is 36.2 Å². The number of nitrogens with zero attached hydrogens (tertiary/aromatic N) is 2. The highest BCUT2D eigenvalue weighted by Crippen LogP contribution is 2.15. The summed E-state index contributed by atoms with van der Waals surface area (Å²) < 4.78 is 5.09. The third-order valence-corrected chi connectivity index (χ3v) is 1.88. The zero-order chi connectivity index (χ0) is 9.80. The quantitative estimate of drug-likeness (QED) is 0.788. The van der Waals surface area contributed by atoms with Gasteiger partial charge in [0, 0.05) is 18.7 Å². The molecule has 0 amide bonds. The van der Waals surface area contributed by atoms with E-state index in [1.165, 1.54) is 0 Å². The lowest BCUT2D eigenvalue weighted by Gasteiger charge is -1.90. The second-order valence-corrected chi connectivity index (χ2v) is 2.93. The van der Waals surface area contributed by atoms with Crippen molar-refractivity contribution in [2.24, 2.45) is 5.73 Å². The van der Waals surface area contributed by atoms with Gasteiger partial charge in [0.1, 0.15) is 11.5 Å². The van der Waals surface area contributed by atoms with Crippen LogP contribution in [0.5, 0.6) is 0 Å². The topological polar surface area (TPSA) is 64.9 Å². The van der Waals surface area contributed by atoms with E-state index in [1.54, 1.807) is 6.20 Å². The second kappa shape index (κ2) is 4.02. The summed E-state index contributed by atoms with van der Waals surface area (Å²) in [5.41, 5.74) is 6.98. The first-order valence-corrected chi connectivity index (χ1v) is 4.47. The van der Waals surface area contributed by atoms with Gasteiger partial charge in [0.25, 0.3) is 0 Å². The van der Waals surface area contributed by atoms with Crippen LogP contribution in [0, 0.1) is 0 Å². The molecule has 2 heterocycles. The van der Waals surface area contributed by atoms with Crippen LogP contribution in [0.1, 0.15) is 5.76 Å². The lowest BCUT2D eigenvalue weighted by molar-refractivity contribution is 0.386. The molecule has 0 atom stereocenters. The Bertz CT molecular complexity index is 397. The molecule has 0 aliphatic carbocycles. The molecule has 0 aliphatic heterocycles. The van der Waals surface area contributed by atoms with E-state index in [1.807, 2.05) is 24.3 Å². The molecule has 4 heteroatoms. The molecule has 2 N–H and O–H groups in total. The SMILES string of the molecule is NCCc1cc(-c2ccccn2)no1. The van der Waals surface area contributed by atoms with Crippen molar-refractivity contribution in [1.29, 1.82) is 0 Å². The third-order valence-electron chi connectivity index (χ3n) is 1.88. The lowest BCUT2D eigenvalue weighted by Crippen LogP contribution is -2.01. The minimum atomic E-state index is 0.566. The molecule has 14 heavy (non-hydrogen) atoms. The average molecular weight is 189 g/mol. The van der Waals surface area contributed by atoms with Gasteiger partial charge in [-0.15, -0.1) is 0 Å². The maximum Gasteiger partial charge on any atom is 0.138 e. The van der Waals surface area contributed by atoms with Crippen LogP contribution in [-0.2, 0) is 6.42 Å². The van der Waals surface area contributed by atoms with Crippen LogP contribution < -0.4 is 5.73 Å². The van der Waals surface area contributed by atoms with Crippen LogP contribution in [0.15, 0.2) is 35.0 Å². The summed E-state index contributed by atoms with van der Waals surface area (Å²) in [6.07, 6.45) is 2.44. The molecular formula is C10H11N3O. The Morgan fingerprint density at radius 1 is 1.29 bits per heavy atom. The Labute approximate surface area is 81.7 Å². The Hall–Kier alpha value is -1.68. The maximum atomic E-state index is 5.41. The van der Waals surface area contributed by atoms with Gasteiger partial charge in [-0.05, 0) is 18.7 Å². The van der Waals surface area contributed by atoms with Crippen molar-refractivity contribution in [1.82, 2.24) is 10.1 Å². The Morgan fingerprint density at radius 3 is 2.93 bits per heavy atom. The predicted molar refractivity (Wildman–Crippen MR) is 52.5 cm³/mol. The number of aromatic nitrogens is 2. The van der Waals surface area contributed by atoms with Gasteiger partial charge in [-0.2, -0.15) is 0 Å². The first-order valence-electron chi connectivity index (χ1n) is 4.47. The van der Waals surface area contributed by atoms with Crippen LogP contribution in [0.4, 0.5) is 0 Å². The summed E-state index contributed by atoms with van der Waals surface area (Å²) in [4.78, 5) is 4.17. The van der Waals surface area contributed by atoms with Crippen LogP contribution in [0.3, 0.4) is 0 Å². The highest BCUT2D eigenvalue weighted by molar-refractivity contribution is 5.52. The first kappa shape index (κ1) is 8.90. The molecule has 72 valence electrons.